The molecule has 0 aromatic heterocycles. The number of nitrogens with two attached hydrogens (primary N) is 4. The first-order valence-corrected chi connectivity index (χ1v) is 46.9. The molecule has 6 rings (SSSR count). The van der Waals surface area contributed by atoms with Crippen molar-refractivity contribution in [3.05, 3.63) is 144 Å². The van der Waals surface area contributed by atoms with Crippen LogP contribution in [0.4, 0.5) is 0 Å². The van der Waals surface area contributed by atoms with Gasteiger partial charge in [-0.1, -0.05) is 169 Å². The van der Waals surface area contributed by atoms with Gasteiger partial charge in [0.1, 0.15) is 84.6 Å². The molecule has 0 radical (unpaired) electrons. The molecule has 0 spiro atoms. The van der Waals surface area contributed by atoms with E-state index in [9.17, 15) is 82.4 Å². The summed E-state index contributed by atoms with van der Waals surface area (Å²) in [6.45, 7) is 8.28. The lowest BCUT2D eigenvalue weighted by atomic mass is 9.95. The van der Waals surface area contributed by atoms with Gasteiger partial charge in [0, 0.05) is 45.4 Å². The van der Waals surface area contributed by atoms with E-state index in [2.05, 4.69) is 74.4 Å². The number of rotatable bonds is 57. The number of carboxylic acids is 1. The van der Waals surface area contributed by atoms with E-state index >= 15 is 4.79 Å². The van der Waals surface area contributed by atoms with E-state index < -0.39 is 216 Å². The van der Waals surface area contributed by atoms with Gasteiger partial charge in [0.15, 0.2) is 11.9 Å². The highest BCUT2D eigenvalue weighted by atomic mass is 32.2. The van der Waals surface area contributed by atoms with Crippen molar-refractivity contribution >= 4 is 112 Å². The molecular formula is C92H138N22O18S. The Morgan fingerprint density at radius 1 is 0.421 bits per heavy atom. The number of amides is 14. The zero-order chi connectivity index (χ0) is 97.8. The van der Waals surface area contributed by atoms with Crippen molar-refractivity contribution in [3.63, 3.8) is 0 Å². The van der Waals surface area contributed by atoms with Gasteiger partial charge in [0.05, 0.1) is 19.3 Å². The Labute approximate surface area is 780 Å². The smallest absolute Gasteiger partial charge is 0.326 e. The molecule has 2 heterocycles. The minimum Gasteiger partial charge on any atom is -0.480 e. The molecule has 16 atom stereocenters. The molecule has 14 amide bonds. The maximum Gasteiger partial charge on any atom is 0.326 e. The van der Waals surface area contributed by atoms with E-state index in [0.29, 0.717) is 41.7 Å². The van der Waals surface area contributed by atoms with Crippen molar-refractivity contribution in [3.8, 4) is 0 Å². The van der Waals surface area contributed by atoms with E-state index in [1.165, 1.54) is 21.6 Å². The number of aliphatic carboxylic acids is 1. The normalized spacial score (nSPS) is 16.7. The average molecular weight is 1870 g/mol. The highest BCUT2D eigenvalue weighted by Gasteiger charge is 2.44. The second-order valence-electron chi connectivity index (χ2n) is 34.3. The predicted octanol–water partition coefficient (Wildman–Crippen LogP) is -1.69. The molecule has 0 aliphatic carbocycles. The molecular weight excluding hydrogens is 1730 g/mol. The number of nitrogens with one attached hydrogen (secondary N) is 16. The molecule has 2 fully saturated rings. The Kier molecular flexibility index (Phi) is 47.0. The predicted molar refractivity (Wildman–Crippen MR) is 501 cm³/mol. The number of likely N-dealkylation sites (tertiary alicyclic amines) is 2. The largest absolute Gasteiger partial charge is 0.480 e. The minimum atomic E-state index is -1.81. The molecule has 0 bridgehead atoms. The fraction of sp³-hybridized carbons (Fsp3) is 0.554. The first-order valence-electron chi connectivity index (χ1n) is 45.5. The summed E-state index contributed by atoms with van der Waals surface area (Å²) in [4.78, 5) is 218. The standard InChI is InChI=1S/C92H138N22O18S/c1-8-56(6)75(87(128)111-74(55(4)5)86(127)103-63(36-23-42-99-91(95)96)78(119)110-71(53-116)83(124)106-66(47-54(2)3)80(121)104-65(40-46-133-7)88(129)113-44-25-39-73(113)85(126)108-69(90(131)132)51-60-33-19-12-20-34-60)112-79(120)64(37-24-43-100-92(97)98)101-82(123)70(52-115)109-77(118)62(35-21-22-41-93)102-84(125)72-38-26-45-114(72)89(130)68(50-59-31-17-11-18-32-59)107-81(122)67(49-58-29-15-10-16-30-58)105-76(117)61(94)48-57-27-13-9-14-28-57/h9-20,27-34,54-56,61-75,115-116H,8,21-26,35-53,93-94H2,1-7H3,(H,101,123)(H,102,125)(H,103,127)(H,104,121)(H,105,117)(H,106,124)(H,107,122)(H,108,126)(H,109,118)(H,110,119)(H,111,128)(H,112,120)(H,131,132)(H4,95,96,99)(H4,97,98,100)/t56-,61-,62-,63-,64-,65-,66-,67-,68-,69-,70-,71-,72-,73-,74-,75-/m0/s1. The number of aliphatic hydroxyl groups excluding tert-OH is 2. The number of carbonyl (C=O) groups excluding carboxylic acids is 14. The van der Waals surface area contributed by atoms with Crippen molar-refractivity contribution < 1.29 is 87.2 Å². The van der Waals surface area contributed by atoms with Gasteiger partial charge in [-0.25, -0.2) is 4.79 Å². The number of hydrogen-bond acceptors (Lipinski definition) is 22. The van der Waals surface area contributed by atoms with Gasteiger partial charge in [-0.05, 0) is 148 Å². The Hall–Kier alpha value is -12.3. The lowest BCUT2D eigenvalue weighted by molar-refractivity contribution is -0.145. The summed E-state index contributed by atoms with van der Waals surface area (Å²) in [6.07, 6.45) is 3.55. The van der Waals surface area contributed by atoms with Crippen LogP contribution in [0.5, 0.6) is 0 Å². The number of thioether (sulfide) groups is 1. The molecule has 2 aliphatic rings. The number of unbranched alkanes of at least 4 members (excludes halogenated alkanes) is 1. The first-order chi connectivity index (χ1) is 63.5. The van der Waals surface area contributed by atoms with Gasteiger partial charge in [-0.3, -0.25) is 77.9 Å². The summed E-state index contributed by atoms with van der Waals surface area (Å²) in [5.41, 5.74) is 26.3. The van der Waals surface area contributed by atoms with Crippen molar-refractivity contribution in [1.29, 1.82) is 10.8 Å². The summed E-state index contributed by atoms with van der Waals surface area (Å²) in [7, 11) is 0. The zero-order valence-corrected chi connectivity index (χ0v) is 77.7. The first kappa shape index (κ1) is 109. The van der Waals surface area contributed by atoms with Crippen LogP contribution in [0, 0.1) is 28.6 Å². The maximum atomic E-state index is 15.1. The van der Waals surface area contributed by atoms with Gasteiger partial charge in [-0.2, -0.15) is 11.8 Å². The molecule has 4 aromatic rings. The van der Waals surface area contributed by atoms with E-state index in [-0.39, 0.29) is 135 Å². The van der Waals surface area contributed by atoms with E-state index in [1.54, 1.807) is 139 Å². The van der Waals surface area contributed by atoms with Crippen molar-refractivity contribution in [2.24, 2.45) is 40.7 Å². The fourth-order valence-electron chi connectivity index (χ4n) is 15.5. The van der Waals surface area contributed by atoms with Gasteiger partial charge in [0.25, 0.3) is 0 Å². The van der Waals surface area contributed by atoms with Gasteiger partial charge >= 0.3 is 5.97 Å². The Bertz CT molecular complexity index is 4490. The van der Waals surface area contributed by atoms with Crippen molar-refractivity contribution in [1.82, 2.24) is 84.2 Å². The van der Waals surface area contributed by atoms with E-state index in [0.717, 1.165) is 5.56 Å². The summed E-state index contributed by atoms with van der Waals surface area (Å²) in [5, 5.41) is 84.4. The van der Waals surface area contributed by atoms with Gasteiger partial charge < -0.3 is 122 Å². The van der Waals surface area contributed by atoms with Gasteiger partial charge in [0.2, 0.25) is 82.7 Å². The van der Waals surface area contributed by atoms with E-state index in [4.69, 9.17) is 33.8 Å². The summed E-state index contributed by atoms with van der Waals surface area (Å²) < 4.78 is 0. The second-order valence-corrected chi connectivity index (χ2v) is 35.3. The van der Waals surface area contributed by atoms with Crippen LogP contribution in [0.15, 0.2) is 121 Å². The molecule has 730 valence electrons. The quantitative estimate of drug-likeness (QED) is 0.0133. The molecule has 41 heteroatoms. The number of aliphatic hydroxyl groups is 2. The SMILES string of the molecule is CC[C@H](C)[C@H](NC(=O)[C@H](CCCNC(=N)N)NC(=O)[C@H](CO)NC(=O)[C@H](CCCCN)NC(=O)[C@@H]1CCCN1C(=O)[C@H](Cc1ccccc1)NC(=O)[C@H](Cc1ccccc1)NC(=O)[C@@H](N)Cc1ccccc1)C(=O)N[C@H](C(=O)N[C@@H](CCCNC(=N)N)C(=O)N[C@@H](CO)C(=O)N[C@@H](CC(C)C)C(=O)N[C@@H](CCSC)C(=O)N1CCC[C@H]1C(=O)N[C@@H](Cc1ccccc1)C(=O)O)C(C)C. The molecule has 2 saturated heterocycles. The van der Waals surface area contributed by atoms with E-state index in [1.807, 2.05) is 30.3 Å². The lowest BCUT2D eigenvalue weighted by Gasteiger charge is -2.31. The lowest BCUT2D eigenvalue weighted by Crippen LogP contribution is -2.62. The maximum absolute atomic E-state index is 15.1. The molecule has 0 unspecified atom stereocenters. The Balaban J connectivity index is 1.16. The summed E-state index contributed by atoms with van der Waals surface area (Å²) in [6, 6.07) is 14.8. The minimum absolute atomic E-state index is 0.00249. The summed E-state index contributed by atoms with van der Waals surface area (Å²) >= 11 is 1.38. The topological polar surface area (TPSA) is 643 Å². The monoisotopic (exact) mass is 1870 g/mol. The molecule has 27 N–H and O–H groups in total. The second kappa shape index (κ2) is 57.2. The van der Waals surface area contributed by atoms with Gasteiger partial charge in [-0.15, -0.1) is 0 Å². The van der Waals surface area contributed by atoms with Crippen LogP contribution in [0.1, 0.15) is 154 Å². The van der Waals surface area contributed by atoms with Crippen molar-refractivity contribution in [2.75, 3.05) is 57.9 Å². The van der Waals surface area contributed by atoms with Crippen LogP contribution in [-0.4, -0.2) is 274 Å². The zero-order valence-electron chi connectivity index (χ0n) is 76.9. The highest BCUT2D eigenvalue weighted by molar-refractivity contribution is 7.98. The fourth-order valence-corrected chi connectivity index (χ4v) is 16.0. The summed E-state index contributed by atoms with van der Waals surface area (Å²) in [5.74, 6) is -15.3. The van der Waals surface area contributed by atoms with Crippen LogP contribution in [0.3, 0.4) is 0 Å². The van der Waals surface area contributed by atoms with Crippen LogP contribution in [0.2, 0.25) is 0 Å². The molecule has 0 saturated carbocycles. The number of hydrogen-bond donors (Lipinski definition) is 23. The van der Waals surface area contributed by atoms with Crippen molar-refractivity contribution in [2.45, 2.75) is 248 Å². The van der Waals surface area contributed by atoms with Crippen LogP contribution in [0.25, 0.3) is 0 Å². The molecule has 40 nitrogen and oxygen atoms in total. The third kappa shape index (κ3) is 36.6. The average Bonchev–Trinajstić information content (AvgIpc) is 1.69. The third-order valence-corrected chi connectivity index (χ3v) is 23.7. The number of carboxylic acid groups (broad SMARTS) is 1. The molecule has 133 heavy (non-hydrogen) atoms. The van der Waals surface area contributed by atoms with Crippen LogP contribution < -0.4 is 97.4 Å². The number of benzene rings is 4. The highest BCUT2D eigenvalue weighted by Crippen LogP contribution is 2.25. The number of nitrogens with zero attached hydrogens (tertiary/aromatic N) is 2. The Morgan fingerprint density at radius 3 is 1.21 bits per heavy atom. The Morgan fingerprint density at radius 2 is 0.774 bits per heavy atom. The molecule has 2 aliphatic heterocycles. The van der Waals surface area contributed by atoms with Crippen LogP contribution in [-0.2, 0) is 97.6 Å². The number of carbonyl (C=O) groups is 15. The number of guanidine groups is 2. The molecule has 4 aromatic carbocycles. The van der Waals surface area contributed by atoms with Crippen LogP contribution >= 0.6 is 11.8 Å². The third-order valence-electron chi connectivity index (χ3n) is 23.1.